The highest BCUT2D eigenvalue weighted by Crippen LogP contribution is 2.15. The second-order valence-corrected chi connectivity index (χ2v) is 3.69. The van der Waals surface area contributed by atoms with Gasteiger partial charge in [0, 0.05) is 12.6 Å². The first-order chi connectivity index (χ1) is 7.80. The van der Waals surface area contributed by atoms with E-state index >= 15 is 0 Å². The molecular weight excluding hydrogens is 239 g/mol. The molecule has 2 unspecified atom stereocenters. The predicted molar refractivity (Wildman–Crippen MR) is 55.4 cm³/mol. The number of alkyl halides is 3. The molecule has 0 aliphatic heterocycles. The van der Waals surface area contributed by atoms with E-state index in [-0.39, 0.29) is 12.6 Å². The fourth-order valence-electron chi connectivity index (χ4n) is 1.15. The van der Waals surface area contributed by atoms with Crippen LogP contribution in [0, 0.1) is 0 Å². The van der Waals surface area contributed by atoms with Crippen molar-refractivity contribution in [2.75, 3.05) is 13.2 Å². The number of carbonyl (C=O) groups excluding carboxylic acids is 1. The van der Waals surface area contributed by atoms with Gasteiger partial charge in [0.2, 0.25) is 5.91 Å². The molecule has 0 aliphatic rings. The summed E-state index contributed by atoms with van der Waals surface area (Å²) in [4.78, 5) is 11.4. The minimum absolute atomic E-state index is 0.0867. The van der Waals surface area contributed by atoms with Crippen LogP contribution in [0.4, 0.5) is 13.2 Å². The molecule has 2 N–H and O–H groups in total. The van der Waals surface area contributed by atoms with Crippen molar-refractivity contribution in [1.29, 1.82) is 0 Å². The van der Waals surface area contributed by atoms with E-state index < -0.39 is 24.8 Å². The molecule has 0 bridgehead atoms. The van der Waals surface area contributed by atoms with Crippen molar-refractivity contribution in [2.24, 2.45) is 0 Å². The van der Waals surface area contributed by atoms with Crippen LogP contribution in [0.15, 0.2) is 0 Å². The third kappa shape index (κ3) is 7.98. The van der Waals surface area contributed by atoms with Crippen molar-refractivity contribution in [3.05, 3.63) is 0 Å². The van der Waals surface area contributed by atoms with Gasteiger partial charge in [-0.25, -0.2) is 0 Å². The lowest BCUT2D eigenvalue weighted by Crippen LogP contribution is -2.42. The van der Waals surface area contributed by atoms with Gasteiger partial charge in [0.05, 0.1) is 0 Å². The van der Waals surface area contributed by atoms with Gasteiger partial charge < -0.3 is 15.2 Å². The first kappa shape index (κ1) is 16.2. The SMILES string of the molecule is CCC(CCO)NC(=O)C(C)OCC(F)(F)F. The Morgan fingerprint density at radius 1 is 1.47 bits per heavy atom. The third-order valence-corrected chi connectivity index (χ3v) is 2.18. The van der Waals surface area contributed by atoms with Crippen LogP contribution < -0.4 is 5.32 Å². The first-order valence-corrected chi connectivity index (χ1v) is 5.39. The second-order valence-electron chi connectivity index (χ2n) is 3.69. The van der Waals surface area contributed by atoms with E-state index in [9.17, 15) is 18.0 Å². The van der Waals surface area contributed by atoms with Crippen LogP contribution in [0.2, 0.25) is 0 Å². The predicted octanol–water partition coefficient (Wildman–Crippen LogP) is 1.23. The molecule has 0 heterocycles. The summed E-state index contributed by atoms with van der Waals surface area (Å²) in [5.41, 5.74) is 0. The summed E-state index contributed by atoms with van der Waals surface area (Å²) >= 11 is 0. The number of halogens is 3. The van der Waals surface area contributed by atoms with Crippen LogP contribution in [0.25, 0.3) is 0 Å². The maximum atomic E-state index is 11.8. The highest BCUT2D eigenvalue weighted by molar-refractivity contribution is 5.80. The van der Waals surface area contributed by atoms with Crippen molar-refractivity contribution >= 4 is 5.91 Å². The van der Waals surface area contributed by atoms with Crippen LogP contribution in [0.1, 0.15) is 26.7 Å². The molecule has 0 saturated carbocycles. The summed E-state index contributed by atoms with van der Waals surface area (Å²) in [5, 5.41) is 11.2. The molecule has 0 aromatic rings. The molecule has 0 aliphatic carbocycles. The Morgan fingerprint density at radius 3 is 2.47 bits per heavy atom. The molecule has 0 aromatic heterocycles. The van der Waals surface area contributed by atoms with Crippen LogP contribution in [0.3, 0.4) is 0 Å². The van der Waals surface area contributed by atoms with Gasteiger partial charge in [-0.2, -0.15) is 13.2 Å². The number of hydrogen-bond acceptors (Lipinski definition) is 3. The van der Waals surface area contributed by atoms with E-state index in [1.165, 1.54) is 6.92 Å². The average Bonchev–Trinajstić information content (AvgIpc) is 2.23. The first-order valence-electron chi connectivity index (χ1n) is 5.39. The molecular formula is C10H18F3NO3. The van der Waals surface area contributed by atoms with E-state index in [1.54, 1.807) is 0 Å². The quantitative estimate of drug-likeness (QED) is 0.721. The molecule has 0 radical (unpaired) electrons. The standard InChI is InChI=1S/C10H18F3NO3/c1-3-8(4-5-15)14-9(16)7(2)17-6-10(11,12)13/h7-8,15H,3-6H2,1-2H3,(H,14,16). The molecule has 0 aromatic carbocycles. The van der Waals surface area contributed by atoms with Crippen LogP contribution in [-0.2, 0) is 9.53 Å². The molecule has 102 valence electrons. The summed E-state index contributed by atoms with van der Waals surface area (Å²) in [6.45, 7) is 1.53. The van der Waals surface area contributed by atoms with Crippen molar-refractivity contribution in [1.82, 2.24) is 5.32 Å². The number of hydrogen-bond donors (Lipinski definition) is 2. The fourth-order valence-corrected chi connectivity index (χ4v) is 1.15. The number of carbonyl (C=O) groups is 1. The number of rotatable bonds is 7. The maximum Gasteiger partial charge on any atom is 0.411 e. The number of amides is 1. The number of aliphatic hydroxyl groups excluding tert-OH is 1. The van der Waals surface area contributed by atoms with Gasteiger partial charge in [0.25, 0.3) is 0 Å². The van der Waals surface area contributed by atoms with E-state index in [1.807, 2.05) is 6.92 Å². The average molecular weight is 257 g/mol. The zero-order valence-electron chi connectivity index (χ0n) is 9.88. The summed E-state index contributed by atoms with van der Waals surface area (Å²) in [6.07, 6.45) is -4.64. The van der Waals surface area contributed by atoms with Crippen molar-refractivity contribution in [3.63, 3.8) is 0 Å². The van der Waals surface area contributed by atoms with Crippen LogP contribution in [-0.4, -0.2) is 42.5 Å². The maximum absolute atomic E-state index is 11.8. The molecule has 0 rings (SSSR count). The van der Waals surface area contributed by atoms with E-state index in [4.69, 9.17) is 5.11 Å². The smallest absolute Gasteiger partial charge is 0.396 e. The van der Waals surface area contributed by atoms with E-state index in [0.29, 0.717) is 12.8 Å². The van der Waals surface area contributed by atoms with E-state index in [0.717, 1.165) is 0 Å². The lowest BCUT2D eigenvalue weighted by atomic mass is 10.1. The zero-order valence-corrected chi connectivity index (χ0v) is 9.88. The molecule has 2 atom stereocenters. The fraction of sp³-hybridized carbons (Fsp3) is 0.900. The Bertz CT molecular complexity index is 233. The molecule has 0 saturated heterocycles. The van der Waals surface area contributed by atoms with Gasteiger partial charge in [0.1, 0.15) is 12.7 Å². The molecule has 0 spiro atoms. The van der Waals surface area contributed by atoms with Crippen molar-refractivity contribution in [2.45, 2.75) is 45.0 Å². The van der Waals surface area contributed by atoms with Crippen LogP contribution >= 0.6 is 0 Å². The van der Waals surface area contributed by atoms with Crippen LogP contribution in [0.5, 0.6) is 0 Å². The zero-order chi connectivity index (χ0) is 13.5. The topological polar surface area (TPSA) is 58.6 Å². The summed E-state index contributed by atoms with van der Waals surface area (Å²) in [5.74, 6) is -0.602. The number of aliphatic hydroxyl groups is 1. The van der Waals surface area contributed by atoms with Gasteiger partial charge in [-0.1, -0.05) is 6.92 Å². The lowest BCUT2D eigenvalue weighted by molar-refractivity contribution is -0.185. The van der Waals surface area contributed by atoms with Gasteiger partial charge in [-0.15, -0.1) is 0 Å². The third-order valence-electron chi connectivity index (χ3n) is 2.18. The Labute approximate surface area is 98.1 Å². The normalized spacial score (nSPS) is 15.4. The molecule has 0 fully saturated rings. The van der Waals surface area contributed by atoms with Gasteiger partial charge >= 0.3 is 6.18 Å². The number of ether oxygens (including phenoxy) is 1. The molecule has 1 amide bonds. The minimum Gasteiger partial charge on any atom is -0.396 e. The Balaban J connectivity index is 4.03. The highest BCUT2D eigenvalue weighted by atomic mass is 19.4. The van der Waals surface area contributed by atoms with Gasteiger partial charge in [0.15, 0.2) is 0 Å². The molecule has 4 nitrogen and oxygen atoms in total. The van der Waals surface area contributed by atoms with Crippen molar-refractivity contribution < 1.29 is 27.8 Å². The van der Waals surface area contributed by atoms with Gasteiger partial charge in [-0.05, 0) is 19.8 Å². The van der Waals surface area contributed by atoms with E-state index in [2.05, 4.69) is 10.1 Å². The lowest BCUT2D eigenvalue weighted by Gasteiger charge is -2.19. The number of nitrogens with one attached hydrogen (secondary N) is 1. The largest absolute Gasteiger partial charge is 0.411 e. The Morgan fingerprint density at radius 2 is 2.06 bits per heavy atom. The second kappa shape index (κ2) is 7.50. The summed E-state index contributed by atoms with van der Waals surface area (Å²) < 4.78 is 39.9. The molecule has 7 heteroatoms. The Hall–Kier alpha value is -0.820. The minimum atomic E-state index is -4.44. The summed E-state index contributed by atoms with van der Waals surface area (Å²) in [6, 6.07) is -0.246. The van der Waals surface area contributed by atoms with Gasteiger partial charge in [-0.3, -0.25) is 4.79 Å². The highest BCUT2D eigenvalue weighted by Gasteiger charge is 2.30. The molecule has 17 heavy (non-hydrogen) atoms. The Kier molecular flexibility index (Phi) is 7.13. The van der Waals surface area contributed by atoms with Crippen molar-refractivity contribution in [3.8, 4) is 0 Å². The summed E-state index contributed by atoms with van der Waals surface area (Å²) in [7, 11) is 0. The monoisotopic (exact) mass is 257 g/mol.